The van der Waals surface area contributed by atoms with Gasteiger partial charge in [0.05, 0.1) is 18.6 Å². The van der Waals surface area contributed by atoms with E-state index in [4.69, 9.17) is 9.47 Å². The Hall–Kier alpha value is -1.62. The van der Waals surface area contributed by atoms with E-state index in [9.17, 15) is 14.7 Å². The van der Waals surface area contributed by atoms with E-state index < -0.39 is 12.1 Å². The Labute approximate surface area is 131 Å². The lowest BCUT2D eigenvalue weighted by atomic mass is 9.82. The molecular formula is C17H24O5. The minimum absolute atomic E-state index is 0.0708. The van der Waals surface area contributed by atoms with Gasteiger partial charge in [-0.1, -0.05) is 24.6 Å². The summed E-state index contributed by atoms with van der Waals surface area (Å²) in [6.45, 7) is 9.53. The van der Waals surface area contributed by atoms with Crippen molar-refractivity contribution in [3.05, 3.63) is 23.3 Å². The molecule has 4 unspecified atom stereocenters. The van der Waals surface area contributed by atoms with Crippen LogP contribution < -0.4 is 0 Å². The number of aliphatic hydroxyl groups is 1. The molecule has 22 heavy (non-hydrogen) atoms. The maximum absolute atomic E-state index is 11.7. The number of rotatable bonds is 4. The molecule has 5 heteroatoms. The van der Waals surface area contributed by atoms with Gasteiger partial charge < -0.3 is 14.6 Å². The van der Waals surface area contributed by atoms with E-state index in [1.54, 1.807) is 0 Å². The molecule has 1 N–H and O–H groups in total. The molecule has 4 atom stereocenters. The molecule has 0 spiro atoms. The third kappa shape index (κ3) is 3.24. The number of aliphatic hydroxyl groups excluding tert-OH is 1. The van der Waals surface area contributed by atoms with Gasteiger partial charge in [-0.2, -0.15) is 0 Å². The molecule has 2 aliphatic rings. The maximum atomic E-state index is 11.7. The SMILES string of the molecule is C=C1C(=O)OC2CC(C)=C(CCCOC(C)=O)C(C)C(O)C12. The number of hydrogen-bond acceptors (Lipinski definition) is 5. The topological polar surface area (TPSA) is 72.8 Å². The molecule has 0 saturated carbocycles. The fraction of sp³-hybridized carbons (Fsp3) is 0.647. The van der Waals surface area contributed by atoms with Crippen molar-refractivity contribution < 1.29 is 24.2 Å². The molecule has 0 bridgehead atoms. The van der Waals surface area contributed by atoms with Gasteiger partial charge in [0.15, 0.2) is 0 Å². The first-order chi connectivity index (χ1) is 10.3. The predicted octanol–water partition coefficient (Wildman–Crippen LogP) is 2.14. The summed E-state index contributed by atoms with van der Waals surface area (Å²) in [7, 11) is 0. The maximum Gasteiger partial charge on any atom is 0.334 e. The van der Waals surface area contributed by atoms with Gasteiger partial charge in [-0.15, -0.1) is 0 Å². The second-order valence-corrected chi connectivity index (χ2v) is 6.23. The van der Waals surface area contributed by atoms with E-state index in [-0.39, 0.29) is 23.9 Å². The molecule has 0 aromatic carbocycles. The Bertz CT molecular complexity index is 519. The molecule has 122 valence electrons. The van der Waals surface area contributed by atoms with Crippen molar-refractivity contribution in [1.29, 1.82) is 0 Å². The molecule has 0 radical (unpaired) electrons. The number of carbonyl (C=O) groups is 2. The summed E-state index contributed by atoms with van der Waals surface area (Å²) in [4.78, 5) is 22.5. The number of fused-ring (bicyclic) bond motifs is 1. The van der Waals surface area contributed by atoms with Gasteiger partial charge in [-0.3, -0.25) is 4.79 Å². The first-order valence-electron chi connectivity index (χ1n) is 7.72. The molecule has 0 aromatic heterocycles. The highest BCUT2D eigenvalue weighted by atomic mass is 16.6. The smallest absolute Gasteiger partial charge is 0.334 e. The lowest BCUT2D eigenvalue weighted by Crippen LogP contribution is -2.32. The Morgan fingerprint density at radius 2 is 2.18 bits per heavy atom. The van der Waals surface area contributed by atoms with Crippen molar-refractivity contribution in [2.75, 3.05) is 6.61 Å². The van der Waals surface area contributed by atoms with Gasteiger partial charge >= 0.3 is 11.9 Å². The predicted molar refractivity (Wildman–Crippen MR) is 80.9 cm³/mol. The van der Waals surface area contributed by atoms with E-state index in [0.717, 1.165) is 24.0 Å². The summed E-state index contributed by atoms with van der Waals surface area (Å²) in [6, 6.07) is 0. The van der Waals surface area contributed by atoms with Crippen LogP contribution in [0.4, 0.5) is 0 Å². The average Bonchev–Trinajstić information content (AvgIpc) is 2.67. The van der Waals surface area contributed by atoms with Crippen LogP contribution in [0.25, 0.3) is 0 Å². The van der Waals surface area contributed by atoms with E-state index >= 15 is 0 Å². The Morgan fingerprint density at radius 3 is 2.82 bits per heavy atom. The summed E-state index contributed by atoms with van der Waals surface area (Å²) in [5.74, 6) is -1.08. The lowest BCUT2D eigenvalue weighted by molar-refractivity contribution is -0.141. The zero-order valence-corrected chi connectivity index (χ0v) is 13.4. The molecule has 0 amide bonds. The average molecular weight is 308 g/mol. The van der Waals surface area contributed by atoms with Crippen LogP contribution in [0.15, 0.2) is 23.3 Å². The largest absolute Gasteiger partial charge is 0.466 e. The van der Waals surface area contributed by atoms with E-state index in [0.29, 0.717) is 18.6 Å². The summed E-state index contributed by atoms with van der Waals surface area (Å²) < 4.78 is 10.3. The quantitative estimate of drug-likeness (QED) is 0.373. The highest BCUT2D eigenvalue weighted by molar-refractivity contribution is 5.91. The molecule has 1 fully saturated rings. The van der Waals surface area contributed by atoms with Gasteiger partial charge in [0.1, 0.15) is 6.10 Å². The molecule has 2 rings (SSSR count). The molecule has 1 heterocycles. The second kappa shape index (κ2) is 6.65. The summed E-state index contributed by atoms with van der Waals surface area (Å²) in [6.07, 6.45) is 1.12. The van der Waals surface area contributed by atoms with Crippen LogP contribution in [0.1, 0.15) is 40.0 Å². The fourth-order valence-electron chi connectivity index (χ4n) is 3.50. The Balaban J connectivity index is 2.10. The molecule has 0 aromatic rings. The van der Waals surface area contributed by atoms with Crippen LogP contribution in [0, 0.1) is 11.8 Å². The van der Waals surface area contributed by atoms with Crippen molar-refractivity contribution in [3.63, 3.8) is 0 Å². The molecule has 5 nitrogen and oxygen atoms in total. The number of ether oxygens (including phenoxy) is 2. The number of esters is 2. The third-order valence-corrected chi connectivity index (χ3v) is 4.70. The standard InChI is InChI=1S/C17H24O5/c1-9-8-14-15(11(3)17(20)22-14)16(19)10(2)13(9)6-5-7-21-12(4)18/h10,14-16,19H,3,5-8H2,1-2,4H3. The van der Waals surface area contributed by atoms with Crippen molar-refractivity contribution in [2.24, 2.45) is 11.8 Å². The summed E-state index contributed by atoms with van der Waals surface area (Å²) in [5.41, 5.74) is 2.68. The van der Waals surface area contributed by atoms with E-state index in [1.807, 2.05) is 13.8 Å². The summed E-state index contributed by atoms with van der Waals surface area (Å²) >= 11 is 0. The van der Waals surface area contributed by atoms with E-state index in [2.05, 4.69) is 6.58 Å². The van der Waals surface area contributed by atoms with Crippen LogP contribution in [0.2, 0.25) is 0 Å². The summed E-state index contributed by atoms with van der Waals surface area (Å²) in [5, 5.41) is 10.6. The molecule has 1 aliphatic carbocycles. The highest BCUT2D eigenvalue weighted by Crippen LogP contribution is 2.42. The second-order valence-electron chi connectivity index (χ2n) is 6.23. The van der Waals surface area contributed by atoms with Crippen molar-refractivity contribution in [2.45, 2.75) is 52.2 Å². The van der Waals surface area contributed by atoms with Crippen LogP contribution >= 0.6 is 0 Å². The zero-order chi connectivity index (χ0) is 16.4. The lowest BCUT2D eigenvalue weighted by Gasteiger charge is -2.26. The highest BCUT2D eigenvalue weighted by Gasteiger charge is 2.46. The van der Waals surface area contributed by atoms with Gasteiger partial charge in [0, 0.05) is 24.8 Å². The van der Waals surface area contributed by atoms with Crippen molar-refractivity contribution in [3.8, 4) is 0 Å². The first-order valence-corrected chi connectivity index (χ1v) is 7.72. The van der Waals surface area contributed by atoms with Gasteiger partial charge in [0.25, 0.3) is 0 Å². The van der Waals surface area contributed by atoms with Crippen LogP contribution in [-0.4, -0.2) is 35.9 Å². The van der Waals surface area contributed by atoms with Gasteiger partial charge in [-0.05, 0) is 19.8 Å². The normalized spacial score (nSPS) is 31.6. The first kappa shape index (κ1) is 16.7. The third-order valence-electron chi connectivity index (χ3n) is 4.70. The number of hydrogen-bond donors (Lipinski definition) is 1. The van der Waals surface area contributed by atoms with Crippen LogP contribution in [-0.2, 0) is 19.1 Å². The molecular weight excluding hydrogens is 284 g/mol. The fourth-order valence-corrected chi connectivity index (χ4v) is 3.50. The van der Waals surface area contributed by atoms with Gasteiger partial charge in [0.2, 0.25) is 0 Å². The van der Waals surface area contributed by atoms with Gasteiger partial charge in [-0.25, -0.2) is 4.79 Å². The van der Waals surface area contributed by atoms with Crippen molar-refractivity contribution >= 4 is 11.9 Å². The Morgan fingerprint density at radius 1 is 1.50 bits per heavy atom. The monoisotopic (exact) mass is 308 g/mol. The van der Waals surface area contributed by atoms with Crippen LogP contribution in [0.3, 0.4) is 0 Å². The number of carbonyl (C=O) groups excluding carboxylic acids is 2. The van der Waals surface area contributed by atoms with E-state index in [1.165, 1.54) is 6.92 Å². The molecule has 1 saturated heterocycles. The van der Waals surface area contributed by atoms with Crippen molar-refractivity contribution in [1.82, 2.24) is 0 Å². The minimum Gasteiger partial charge on any atom is -0.466 e. The minimum atomic E-state index is -0.676. The van der Waals surface area contributed by atoms with Crippen LogP contribution in [0.5, 0.6) is 0 Å². The molecule has 1 aliphatic heterocycles. The zero-order valence-electron chi connectivity index (χ0n) is 13.4. The Kier molecular flexibility index (Phi) is 5.06.